The maximum Gasteiger partial charge on any atom is 0.273 e. The summed E-state index contributed by atoms with van der Waals surface area (Å²) in [5, 5.41) is 4.45. The van der Waals surface area contributed by atoms with Crippen LogP contribution in [0.1, 0.15) is 10.5 Å². The van der Waals surface area contributed by atoms with Crippen LogP contribution < -0.4 is 11.2 Å². The Morgan fingerprint density at radius 2 is 1.88 bits per heavy atom. The van der Waals surface area contributed by atoms with Crippen molar-refractivity contribution in [3.63, 3.8) is 0 Å². The van der Waals surface area contributed by atoms with Crippen molar-refractivity contribution in [2.45, 2.75) is 0 Å². The lowest BCUT2D eigenvalue weighted by atomic mass is 10.3. The van der Waals surface area contributed by atoms with E-state index in [0.717, 1.165) is 0 Å². The number of nitrogens with two attached hydrogens (primary N) is 1. The van der Waals surface area contributed by atoms with Crippen LogP contribution in [-0.2, 0) is 0 Å². The number of nitrogens with zero attached hydrogens (tertiary/aromatic N) is 2. The molecule has 0 saturated heterocycles. The predicted molar refractivity (Wildman–Crippen MR) is 63.4 cm³/mol. The van der Waals surface area contributed by atoms with Crippen LogP contribution in [0.2, 0.25) is 5.02 Å². The van der Waals surface area contributed by atoms with E-state index in [1.807, 2.05) is 0 Å². The average molecular weight is 250 g/mol. The first-order chi connectivity index (χ1) is 8.08. The minimum Gasteiger partial charge on any atom is -0.364 e. The highest BCUT2D eigenvalue weighted by Gasteiger charge is 2.08. The number of rotatable bonds is 2. The van der Waals surface area contributed by atoms with Gasteiger partial charge in [-0.1, -0.05) is 11.6 Å². The maximum atomic E-state index is 11.3. The number of carbonyl (C=O) groups excluding carboxylic acids is 1. The van der Waals surface area contributed by atoms with Gasteiger partial charge in [-0.05, 0) is 24.3 Å². The Hall–Kier alpha value is -2.14. The van der Waals surface area contributed by atoms with Crippen LogP contribution >= 0.6 is 11.6 Å². The molecule has 0 spiro atoms. The van der Waals surface area contributed by atoms with Gasteiger partial charge in [0.25, 0.3) is 5.91 Å². The molecule has 0 atom stereocenters. The molecule has 1 aromatic heterocycles. The van der Waals surface area contributed by atoms with Crippen molar-refractivity contribution >= 4 is 17.5 Å². The van der Waals surface area contributed by atoms with Gasteiger partial charge in [-0.25, -0.2) is 4.68 Å². The SMILES string of the molecule is NC(=O)c1nn(-c2ccc(Cl)cc2)ccc1=O. The number of carbonyl (C=O) groups is 1. The van der Waals surface area contributed by atoms with Crippen LogP contribution in [0, 0.1) is 0 Å². The minimum absolute atomic E-state index is 0.289. The van der Waals surface area contributed by atoms with E-state index in [1.54, 1.807) is 24.3 Å². The van der Waals surface area contributed by atoms with Gasteiger partial charge in [0.05, 0.1) is 5.69 Å². The second-order valence-corrected chi connectivity index (χ2v) is 3.75. The van der Waals surface area contributed by atoms with Crippen molar-refractivity contribution in [1.82, 2.24) is 9.78 Å². The molecule has 2 rings (SSSR count). The second kappa shape index (κ2) is 4.39. The monoisotopic (exact) mass is 249 g/mol. The van der Waals surface area contributed by atoms with Crippen molar-refractivity contribution in [3.8, 4) is 5.69 Å². The molecule has 1 heterocycles. The Morgan fingerprint density at radius 3 is 2.47 bits per heavy atom. The normalized spacial score (nSPS) is 10.2. The van der Waals surface area contributed by atoms with E-state index in [2.05, 4.69) is 5.10 Å². The van der Waals surface area contributed by atoms with Gasteiger partial charge in [0, 0.05) is 17.3 Å². The van der Waals surface area contributed by atoms with Crippen LogP contribution in [0.3, 0.4) is 0 Å². The summed E-state index contributed by atoms with van der Waals surface area (Å²) in [5.41, 5.74) is 4.94. The van der Waals surface area contributed by atoms with Crippen molar-refractivity contribution < 1.29 is 4.79 Å². The Bertz CT molecular complexity index is 619. The van der Waals surface area contributed by atoms with E-state index >= 15 is 0 Å². The standard InChI is InChI=1S/C11H8ClN3O2/c12-7-1-3-8(4-2-7)15-6-5-9(16)10(14-15)11(13)17/h1-6H,(H2,13,17). The first kappa shape index (κ1) is 11.3. The van der Waals surface area contributed by atoms with Crippen molar-refractivity contribution in [3.05, 3.63) is 57.5 Å². The summed E-state index contributed by atoms with van der Waals surface area (Å²) in [7, 11) is 0. The van der Waals surface area contributed by atoms with Crippen molar-refractivity contribution in [2.24, 2.45) is 5.73 Å². The summed E-state index contributed by atoms with van der Waals surface area (Å²) in [6, 6.07) is 8.03. The van der Waals surface area contributed by atoms with E-state index in [4.69, 9.17) is 17.3 Å². The fourth-order valence-corrected chi connectivity index (χ4v) is 1.44. The molecular weight excluding hydrogens is 242 g/mol. The molecule has 5 nitrogen and oxygen atoms in total. The highest BCUT2D eigenvalue weighted by atomic mass is 35.5. The molecule has 86 valence electrons. The number of aromatic nitrogens is 2. The number of hydrogen-bond acceptors (Lipinski definition) is 3. The topological polar surface area (TPSA) is 78.0 Å². The summed E-state index contributed by atoms with van der Waals surface area (Å²) in [6.07, 6.45) is 1.46. The third kappa shape index (κ3) is 2.34. The second-order valence-electron chi connectivity index (χ2n) is 3.31. The van der Waals surface area contributed by atoms with Crippen LogP contribution in [-0.4, -0.2) is 15.7 Å². The van der Waals surface area contributed by atoms with Gasteiger partial charge in [-0.3, -0.25) is 9.59 Å². The third-order valence-electron chi connectivity index (χ3n) is 2.13. The van der Waals surface area contributed by atoms with Crippen molar-refractivity contribution in [1.29, 1.82) is 0 Å². The van der Waals surface area contributed by atoms with Crippen LogP contribution in [0.25, 0.3) is 5.69 Å². The molecular formula is C11H8ClN3O2. The van der Waals surface area contributed by atoms with Gasteiger partial charge in [0.2, 0.25) is 5.43 Å². The third-order valence-corrected chi connectivity index (χ3v) is 2.38. The van der Waals surface area contributed by atoms with Gasteiger partial charge in [0.1, 0.15) is 0 Å². The fourth-order valence-electron chi connectivity index (χ4n) is 1.32. The molecule has 0 aliphatic carbocycles. The van der Waals surface area contributed by atoms with E-state index in [1.165, 1.54) is 16.9 Å². The Morgan fingerprint density at radius 1 is 1.24 bits per heavy atom. The minimum atomic E-state index is -0.849. The lowest BCUT2D eigenvalue weighted by molar-refractivity contribution is 0.0993. The Balaban J connectivity index is 2.53. The zero-order chi connectivity index (χ0) is 12.4. The molecule has 0 fully saturated rings. The van der Waals surface area contributed by atoms with Gasteiger partial charge < -0.3 is 5.73 Å². The number of benzene rings is 1. The predicted octanol–water partition coefficient (Wildman–Crippen LogP) is 0.985. The van der Waals surface area contributed by atoms with Crippen molar-refractivity contribution in [2.75, 3.05) is 0 Å². The molecule has 1 aromatic carbocycles. The van der Waals surface area contributed by atoms with E-state index in [9.17, 15) is 9.59 Å². The summed E-state index contributed by atoms with van der Waals surface area (Å²) in [5.74, 6) is -0.849. The van der Waals surface area contributed by atoms with Gasteiger partial charge in [-0.15, -0.1) is 0 Å². The summed E-state index contributed by atoms with van der Waals surface area (Å²) >= 11 is 5.75. The molecule has 2 aromatic rings. The molecule has 17 heavy (non-hydrogen) atoms. The van der Waals surface area contributed by atoms with Gasteiger partial charge in [-0.2, -0.15) is 5.10 Å². The summed E-state index contributed by atoms with van der Waals surface area (Å²) < 4.78 is 1.39. The lowest BCUT2D eigenvalue weighted by Gasteiger charge is -2.05. The zero-order valence-corrected chi connectivity index (χ0v) is 9.39. The highest BCUT2D eigenvalue weighted by molar-refractivity contribution is 6.30. The molecule has 0 radical (unpaired) electrons. The quantitative estimate of drug-likeness (QED) is 0.862. The molecule has 0 unspecified atom stereocenters. The number of primary amides is 1. The lowest BCUT2D eigenvalue weighted by Crippen LogP contribution is -2.25. The fraction of sp³-hybridized carbons (Fsp3) is 0. The van der Waals surface area contributed by atoms with E-state index < -0.39 is 11.3 Å². The molecule has 1 amide bonds. The molecule has 0 saturated carbocycles. The number of amides is 1. The smallest absolute Gasteiger partial charge is 0.273 e. The van der Waals surface area contributed by atoms with Gasteiger partial charge in [0.15, 0.2) is 5.69 Å². The number of hydrogen-bond donors (Lipinski definition) is 1. The largest absolute Gasteiger partial charge is 0.364 e. The average Bonchev–Trinajstić information content (AvgIpc) is 2.30. The molecule has 2 N–H and O–H groups in total. The molecule has 0 aliphatic rings. The summed E-state index contributed by atoms with van der Waals surface area (Å²) in [4.78, 5) is 22.3. The van der Waals surface area contributed by atoms with Gasteiger partial charge >= 0.3 is 0 Å². The number of halogens is 1. The first-order valence-electron chi connectivity index (χ1n) is 4.73. The Kier molecular flexibility index (Phi) is 2.93. The first-order valence-corrected chi connectivity index (χ1v) is 5.11. The summed E-state index contributed by atoms with van der Waals surface area (Å²) in [6.45, 7) is 0. The van der Waals surface area contributed by atoms with Crippen LogP contribution in [0.5, 0.6) is 0 Å². The molecule has 0 bridgehead atoms. The van der Waals surface area contributed by atoms with Crippen LogP contribution in [0.4, 0.5) is 0 Å². The van der Waals surface area contributed by atoms with Crippen LogP contribution in [0.15, 0.2) is 41.3 Å². The molecule has 0 aliphatic heterocycles. The molecule has 6 heteroatoms. The highest BCUT2D eigenvalue weighted by Crippen LogP contribution is 2.11. The maximum absolute atomic E-state index is 11.3. The van der Waals surface area contributed by atoms with E-state index in [0.29, 0.717) is 10.7 Å². The zero-order valence-electron chi connectivity index (χ0n) is 8.63. The Labute approximate surface area is 101 Å². The van der Waals surface area contributed by atoms with E-state index in [-0.39, 0.29) is 5.69 Å².